The van der Waals surface area contributed by atoms with Gasteiger partial charge < -0.3 is 14.8 Å². The summed E-state index contributed by atoms with van der Waals surface area (Å²) in [5.41, 5.74) is 6.63. The number of aromatic amines is 1. The molecule has 270 valence electrons. The Morgan fingerprint density at radius 2 is 1.55 bits per heavy atom. The molecule has 0 saturated carbocycles. The first kappa shape index (κ1) is 34.2. The van der Waals surface area contributed by atoms with Gasteiger partial charge in [0.2, 0.25) is 11.8 Å². The van der Waals surface area contributed by atoms with E-state index in [0.717, 1.165) is 103 Å². The van der Waals surface area contributed by atoms with E-state index in [9.17, 15) is 24.0 Å². The smallest absolute Gasteiger partial charge is 0.262 e. The van der Waals surface area contributed by atoms with Crippen LogP contribution < -0.4 is 20.7 Å². The Bertz CT molecular complexity index is 2240. The van der Waals surface area contributed by atoms with Crippen LogP contribution in [-0.4, -0.2) is 93.7 Å². The first-order chi connectivity index (χ1) is 25.7. The van der Waals surface area contributed by atoms with Crippen LogP contribution in [0.15, 0.2) is 59.7 Å². The number of anilines is 2. The zero-order valence-corrected chi connectivity index (χ0v) is 29.6. The number of hydrogen-bond donors (Lipinski definition) is 2. The van der Waals surface area contributed by atoms with Crippen molar-refractivity contribution in [3.63, 3.8) is 0 Å². The van der Waals surface area contributed by atoms with Crippen molar-refractivity contribution in [1.29, 1.82) is 0 Å². The number of nitrogens with one attached hydrogen (secondary N) is 2. The van der Waals surface area contributed by atoms with Gasteiger partial charge in [0, 0.05) is 75.6 Å². The van der Waals surface area contributed by atoms with E-state index >= 15 is 0 Å². The van der Waals surface area contributed by atoms with Crippen molar-refractivity contribution in [2.24, 2.45) is 5.92 Å². The number of carbonyl (C=O) groups is 4. The second kappa shape index (κ2) is 14.3. The van der Waals surface area contributed by atoms with E-state index in [2.05, 4.69) is 52.9 Å². The molecule has 0 radical (unpaired) electrons. The van der Waals surface area contributed by atoms with Crippen LogP contribution in [0.1, 0.15) is 70.1 Å². The Balaban J connectivity index is 0.820. The molecule has 4 aliphatic rings. The van der Waals surface area contributed by atoms with Gasteiger partial charge in [0.15, 0.2) is 0 Å². The summed E-state index contributed by atoms with van der Waals surface area (Å²) < 4.78 is 0. The number of nitrogens with zero attached hydrogens (tertiary/aromatic N) is 6. The first-order valence-corrected chi connectivity index (χ1v) is 18.3. The van der Waals surface area contributed by atoms with Crippen LogP contribution in [0.2, 0.25) is 0 Å². The highest BCUT2D eigenvalue weighted by atomic mass is 16.2. The van der Waals surface area contributed by atoms with Gasteiger partial charge >= 0.3 is 0 Å². The number of amides is 4. The summed E-state index contributed by atoms with van der Waals surface area (Å²) in [4.78, 5) is 82.7. The average molecular weight is 713 g/mol. The molecule has 3 aromatic heterocycles. The third kappa shape index (κ3) is 6.90. The van der Waals surface area contributed by atoms with Gasteiger partial charge in [-0.15, -0.1) is 0 Å². The molecular weight excluding hydrogens is 672 g/mol. The number of H-pyrrole nitrogens is 1. The van der Waals surface area contributed by atoms with E-state index in [4.69, 9.17) is 0 Å². The summed E-state index contributed by atoms with van der Waals surface area (Å²) in [6.45, 7) is 7.84. The molecule has 8 rings (SSSR count). The SMILES string of the molecule is CCc1cc2ncc(CN3CCN(c4ccc(C#CC5CCN(c6ccc7c(c6)C(=O)N(C6CCC(=O)NC6=O)C7=O)CC5)nc4)CC3)cc2[nH]c1=O. The quantitative estimate of drug-likeness (QED) is 0.226. The van der Waals surface area contributed by atoms with Crippen molar-refractivity contribution in [1.82, 2.24) is 30.1 Å². The number of benzene rings is 1. The number of piperidine rings is 2. The maximum Gasteiger partial charge on any atom is 0.262 e. The van der Waals surface area contributed by atoms with Crippen molar-refractivity contribution in [2.45, 2.75) is 51.6 Å². The molecule has 0 aliphatic carbocycles. The Morgan fingerprint density at radius 1 is 0.792 bits per heavy atom. The zero-order valence-electron chi connectivity index (χ0n) is 29.6. The summed E-state index contributed by atoms with van der Waals surface area (Å²) in [5.74, 6) is 4.89. The molecule has 1 atom stereocenters. The Morgan fingerprint density at radius 3 is 2.28 bits per heavy atom. The minimum Gasteiger partial charge on any atom is -0.371 e. The van der Waals surface area contributed by atoms with Crippen molar-refractivity contribution in [3.8, 4) is 11.8 Å². The highest BCUT2D eigenvalue weighted by Gasteiger charge is 2.44. The topological polar surface area (TPSA) is 152 Å². The lowest BCUT2D eigenvalue weighted by Crippen LogP contribution is -2.54. The fourth-order valence-electron chi connectivity index (χ4n) is 7.70. The molecule has 4 aromatic rings. The third-order valence-corrected chi connectivity index (χ3v) is 10.8. The molecule has 3 saturated heterocycles. The van der Waals surface area contributed by atoms with Crippen LogP contribution in [0, 0.1) is 17.8 Å². The second-order valence-electron chi connectivity index (χ2n) is 14.1. The summed E-state index contributed by atoms with van der Waals surface area (Å²) in [6, 6.07) is 12.3. The molecule has 2 N–H and O–H groups in total. The van der Waals surface area contributed by atoms with Gasteiger partial charge in [-0.25, -0.2) is 4.98 Å². The number of pyridine rings is 3. The lowest BCUT2D eigenvalue weighted by molar-refractivity contribution is -0.136. The molecule has 1 aromatic carbocycles. The zero-order chi connectivity index (χ0) is 36.6. The maximum absolute atomic E-state index is 13.3. The van der Waals surface area contributed by atoms with E-state index in [-0.39, 0.29) is 29.9 Å². The summed E-state index contributed by atoms with van der Waals surface area (Å²) >= 11 is 0. The molecule has 13 heteroatoms. The molecule has 1 unspecified atom stereocenters. The number of piperazine rings is 1. The van der Waals surface area contributed by atoms with E-state index in [1.54, 1.807) is 12.1 Å². The van der Waals surface area contributed by atoms with E-state index in [1.807, 2.05) is 43.6 Å². The van der Waals surface area contributed by atoms with Crippen molar-refractivity contribution < 1.29 is 19.2 Å². The van der Waals surface area contributed by atoms with Gasteiger partial charge in [0.25, 0.3) is 17.4 Å². The van der Waals surface area contributed by atoms with Gasteiger partial charge in [-0.3, -0.25) is 44.1 Å². The molecule has 4 aliphatic heterocycles. The standard InChI is InChI=1S/C40H40N8O5/c1-2-27-20-33-34(43-37(27)50)19-26(22-42-33)24-45-15-17-47(18-16-45)30-6-5-28(41-23-30)4-3-25-11-13-46(14-12-25)29-7-8-31-32(21-29)40(53)48(39(31)52)35-9-10-36(49)44-38(35)51/h5-8,19-23,25,35H,2,9-18,24H2,1H3,(H,43,50)(H,44,49,51). The van der Waals surface area contributed by atoms with Crippen molar-refractivity contribution >= 4 is 46.0 Å². The number of aryl methyl sites for hydroxylation is 1. The molecule has 3 fully saturated rings. The lowest BCUT2D eigenvalue weighted by Gasteiger charge is -2.35. The van der Waals surface area contributed by atoms with E-state index in [0.29, 0.717) is 12.0 Å². The minimum atomic E-state index is -0.977. The van der Waals surface area contributed by atoms with Gasteiger partial charge in [0.1, 0.15) is 11.7 Å². The number of rotatable bonds is 6. The van der Waals surface area contributed by atoms with Crippen LogP contribution >= 0.6 is 0 Å². The highest BCUT2D eigenvalue weighted by Crippen LogP contribution is 2.32. The van der Waals surface area contributed by atoms with Crippen LogP contribution in [0.25, 0.3) is 11.0 Å². The van der Waals surface area contributed by atoms with Gasteiger partial charge in [-0.05, 0) is 79.6 Å². The van der Waals surface area contributed by atoms with Gasteiger partial charge in [0.05, 0.1) is 34.0 Å². The monoisotopic (exact) mass is 712 g/mol. The molecular formula is C40H40N8O5. The number of fused-ring (bicyclic) bond motifs is 2. The molecule has 0 spiro atoms. The Labute approximate surface area is 306 Å². The molecule has 4 amide bonds. The number of imide groups is 2. The van der Waals surface area contributed by atoms with Crippen LogP contribution in [0.4, 0.5) is 11.4 Å². The normalized spacial score (nSPS) is 19.7. The number of aromatic nitrogens is 3. The predicted molar refractivity (Wildman–Crippen MR) is 198 cm³/mol. The van der Waals surface area contributed by atoms with Crippen LogP contribution in [0.3, 0.4) is 0 Å². The first-order valence-electron chi connectivity index (χ1n) is 18.3. The molecule has 0 bridgehead atoms. The molecule has 53 heavy (non-hydrogen) atoms. The summed E-state index contributed by atoms with van der Waals surface area (Å²) in [7, 11) is 0. The largest absolute Gasteiger partial charge is 0.371 e. The number of carbonyl (C=O) groups excluding carboxylic acids is 4. The Kier molecular flexibility index (Phi) is 9.22. The van der Waals surface area contributed by atoms with Crippen molar-refractivity contribution in [2.75, 3.05) is 49.1 Å². The van der Waals surface area contributed by atoms with Crippen LogP contribution in [-0.2, 0) is 22.6 Å². The number of hydrogen-bond acceptors (Lipinski definition) is 10. The predicted octanol–water partition coefficient (Wildman–Crippen LogP) is 2.87. The van der Waals surface area contributed by atoms with E-state index < -0.39 is 29.7 Å². The molecule has 7 heterocycles. The van der Waals surface area contributed by atoms with Gasteiger partial charge in [-0.1, -0.05) is 12.8 Å². The third-order valence-electron chi connectivity index (χ3n) is 10.8. The molecule has 13 nitrogen and oxygen atoms in total. The van der Waals surface area contributed by atoms with Crippen LogP contribution in [0.5, 0.6) is 0 Å². The van der Waals surface area contributed by atoms with E-state index in [1.165, 1.54) is 0 Å². The fraction of sp³-hybridized carbons (Fsp3) is 0.375. The minimum absolute atomic E-state index is 0.0450. The Hall–Kier alpha value is -5.87. The highest BCUT2D eigenvalue weighted by molar-refractivity contribution is 6.23. The maximum atomic E-state index is 13.3. The second-order valence-corrected chi connectivity index (χ2v) is 14.1. The van der Waals surface area contributed by atoms with Gasteiger partial charge in [-0.2, -0.15) is 0 Å². The summed E-state index contributed by atoms with van der Waals surface area (Å²) in [5, 5.41) is 2.23. The lowest BCUT2D eigenvalue weighted by atomic mass is 9.96. The van der Waals surface area contributed by atoms with Crippen molar-refractivity contribution in [3.05, 3.63) is 93.2 Å². The fourth-order valence-corrected chi connectivity index (χ4v) is 7.70. The summed E-state index contributed by atoms with van der Waals surface area (Å²) in [6.07, 6.45) is 6.42. The average Bonchev–Trinajstić information content (AvgIpc) is 3.42.